The van der Waals surface area contributed by atoms with E-state index in [4.69, 9.17) is 14.7 Å². The Balaban J connectivity index is 1.23. The van der Waals surface area contributed by atoms with Crippen molar-refractivity contribution >= 4 is 23.4 Å². The molecule has 11 heteroatoms. The molecule has 4 unspecified atom stereocenters. The molecule has 44 heavy (non-hydrogen) atoms. The minimum Gasteiger partial charge on any atom is -0.373 e. The number of carbonyl (C=O) groups excluding carboxylic acids is 1. The van der Waals surface area contributed by atoms with Crippen LogP contribution in [0.3, 0.4) is 0 Å². The van der Waals surface area contributed by atoms with Crippen LogP contribution in [0.4, 0.5) is 21.8 Å². The molecule has 1 aromatic carbocycles. The molecule has 1 aliphatic carbocycles. The number of ether oxygens (including phenoxy) is 1. The van der Waals surface area contributed by atoms with Gasteiger partial charge in [0, 0.05) is 69.5 Å². The van der Waals surface area contributed by atoms with E-state index in [0.717, 1.165) is 93.6 Å². The molecule has 7 rings (SSSR count). The van der Waals surface area contributed by atoms with Crippen molar-refractivity contribution in [2.24, 2.45) is 0 Å². The molecule has 5 heterocycles. The van der Waals surface area contributed by atoms with Gasteiger partial charge in [-0.05, 0) is 56.5 Å². The first-order chi connectivity index (χ1) is 21.4. The van der Waals surface area contributed by atoms with Crippen LogP contribution in [0.1, 0.15) is 36.1 Å². The maximum Gasteiger partial charge on any atom is 0.246 e. The highest BCUT2D eigenvalue weighted by atomic mass is 19.1. The molecule has 0 saturated carbocycles. The van der Waals surface area contributed by atoms with Crippen LogP contribution in [0.2, 0.25) is 0 Å². The van der Waals surface area contributed by atoms with Gasteiger partial charge in [-0.15, -0.1) is 0 Å². The molecular formula is C33H41FN8O2. The monoisotopic (exact) mass is 600 g/mol. The number of nitrogens with zero attached hydrogens (tertiary/aromatic N) is 8. The van der Waals surface area contributed by atoms with Crippen LogP contribution in [0.5, 0.6) is 0 Å². The number of fused-ring (bicyclic) bond motifs is 3. The third-order valence-corrected chi connectivity index (χ3v) is 10.3. The molecule has 4 aliphatic heterocycles. The summed E-state index contributed by atoms with van der Waals surface area (Å²) in [5, 5.41) is 9.58. The van der Waals surface area contributed by atoms with Crippen molar-refractivity contribution < 1.29 is 13.9 Å². The van der Waals surface area contributed by atoms with E-state index in [9.17, 15) is 14.4 Å². The van der Waals surface area contributed by atoms with Gasteiger partial charge in [0.1, 0.15) is 11.6 Å². The lowest BCUT2D eigenvalue weighted by molar-refractivity contribution is -0.128. The van der Waals surface area contributed by atoms with E-state index in [2.05, 4.69) is 39.3 Å². The van der Waals surface area contributed by atoms with Crippen LogP contribution >= 0.6 is 0 Å². The number of anilines is 3. The number of piperazine rings is 1. The van der Waals surface area contributed by atoms with Crippen LogP contribution in [0.25, 0.3) is 0 Å². The fourth-order valence-corrected chi connectivity index (χ4v) is 7.95. The summed E-state index contributed by atoms with van der Waals surface area (Å²) in [6.45, 7) is 9.45. The van der Waals surface area contributed by atoms with Crippen molar-refractivity contribution in [3.05, 3.63) is 53.5 Å². The highest BCUT2D eigenvalue weighted by molar-refractivity contribution is 5.87. The van der Waals surface area contributed by atoms with E-state index in [-0.39, 0.29) is 36.3 Å². The highest BCUT2D eigenvalue weighted by Crippen LogP contribution is 2.38. The average molecular weight is 601 g/mol. The number of likely N-dealkylation sites (N-methyl/N-ethyl adjacent to an activating group) is 1. The minimum atomic E-state index is -0.235. The third kappa shape index (κ3) is 5.28. The van der Waals surface area contributed by atoms with Gasteiger partial charge in [0.2, 0.25) is 11.9 Å². The number of amides is 1. The van der Waals surface area contributed by atoms with Gasteiger partial charge >= 0.3 is 0 Å². The second kappa shape index (κ2) is 12.0. The number of nitriles is 1. The lowest BCUT2D eigenvalue weighted by Gasteiger charge is -2.43. The lowest BCUT2D eigenvalue weighted by Crippen LogP contribution is -2.55. The number of rotatable bonds is 5. The standard InChI is InChI=1S/C33H41FN8O2/c1-3-31(43)42-14-13-39(19-25(42)10-11-35)32-26-9-8-24(41-12-4-5-22-6-7-23(34)17-28(22)41)18-27(26)36-33(37-32)40-20-29-30(21-40)44-16-15-38(29)2/h3,6-7,17,24-25,29-30H,1,4-5,8-10,12-16,18-21H2,2H3. The second-order valence-corrected chi connectivity index (χ2v) is 12.8. The van der Waals surface area contributed by atoms with E-state index in [1.165, 1.54) is 11.6 Å². The molecule has 5 aliphatic rings. The summed E-state index contributed by atoms with van der Waals surface area (Å²) in [7, 11) is 2.16. The summed E-state index contributed by atoms with van der Waals surface area (Å²) in [6.07, 6.45) is 6.26. The van der Waals surface area contributed by atoms with E-state index >= 15 is 0 Å². The number of aryl methyl sites for hydroxylation is 1. The molecule has 10 nitrogen and oxygen atoms in total. The maximum absolute atomic E-state index is 14.4. The van der Waals surface area contributed by atoms with Crippen molar-refractivity contribution in [2.45, 2.75) is 62.8 Å². The van der Waals surface area contributed by atoms with Gasteiger partial charge in [-0.1, -0.05) is 12.6 Å². The van der Waals surface area contributed by atoms with Crippen molar-refractivity contribution in [3.8, 4) is 6.07 Å². The Bertz CT molecular complexity index is 1480. The Morgan fingerprint density at radius 1 is 1.16 bits per heavy atom. The van der Waals surface area contributed by atoms with Gasteiger partial charge in [0.05, 0.1) is 43.0 Å². The van der Waals surface area contributed by atoms with Gasteiger partial charge in [-0.3, -0.25) is 9.69 Å². The Morgan fingerprint density at radius 3 is 2.86 bits per heavy atom. The summed E-state index contributed by atoms with van der Waals surface area (Å²) in [5.74, 6) is 1.31. The van der Waals surface area contributed by atoms with Gasteiger partial charge in [0.15, 0.2) is 0 Å². The van der Waals surface area contributed by atoms with Crippen LogP contribution in [0, 0.1) is 17.1 Å². The molecule has 232 valence electrons. The molecule has 0 bridgehead atoms. The normalized spacial score (nSPS) is 26.9. The first-order valence-corrected chi connectivity index (χ1v) is 16.0. The largest absolute Gasteiger partial charge is 0.373 e. The summed E-state index contributed by atoms with van der Waals surface area (Å²) in [4.78, 5) is 34.2. The fourth-order valence-electron chi connectivity index (χ4n) is 7.95. The lowest BCUT2D eigenvalue weighted by atomic mass is 9.88. The molecule has 3 fully saturated rings. The molecular weight excluding hydrogens is 559 g/mol. The second-order valence-electron chi connectivity index (χ2n) is 12.8. The smallest absolute Gasteiger partial charge is 0.246 e. The molecule has 1 amide bonds. The van der Waals surface area contributed by atoms with Gasteiger partial charge in [-0.2, -0.15) is 10.2 Å². The Kier molecular flexibility index (Phi) is 7.89. The topological polar surface area (TPSA) is 92.1 Å². The van der Waals surface area contributed by atoms with Gasteiger partial charge in [0.25, 0.3) is 0 Å². The molecule has 0 N–H and O–H groups in total. The Hall–Kier alpha value is -3.75. The SMILES string of the molecule is C=CC(=O)N1CCN(c2nc(N3CC4OCCN(C)C4C3)nc3c2CCC(N2CCCc4ccc(F)cc42)C3)CC1CC#N. The van der Waals surface area contributed by atoms with Crippen LogP contribution < -0.4 is 14.7 Å². The zero-order valence-electron chi connectivity index (χ0n) is 25.5. The molecule has 1 aromatic heterocycles. The van der Waals surface area contributed by atoms with E-state index in [1.807, 2.05) is 6.07 Å². The van der Waals surface area contributed by atoms with E-state index < -0.39 is 0 Å². The quantitative estimate of drug-likeness (QED) is 0.481. The van der Waals surface area contributed by atoms with E-state index in [1.54, 1.807) is 17.0 Å². The first kappa shape index (κ1) is 29.0. The minimum absolute atomic E-state index is 0.123. The van der Waals surface area contributed by atoms with Crippen LogP contribution in [-0.4, -0.2) is 109 Å². The number of benzene rings is 1. The number of hydrogen-bond donors (Lipinski definition) is 0. The fraction of sp³-hybridized carbons (Fsp3) is 0.576. The Morgan fingerprint density at radius 2 is 2.05 bits per heavy atom. The van der Waals surface area contributed by atoms with Crippen molar-refractivity contribution in [1.82, 2.24) is 19.8 Å². The zero-order chi connectivity index (χ0) is 30.4. The van der Waals surface area contributed by atoms with Gasteiger partial charge < -0.3 is 24.3 Å². The molecule has 2 aromatic rings. The van der Waals surface area contributed by atoms with Gasteiger partial charge in [-0.25, -0.2) is 9.37 Å². The number of morpholine rings is 1. The van der Waals surface area contributed by atoms with Crippen LogP contribution in [0.15, 0.2) is 30.9 Å². The number of aromatic nitrogens is 2. The molecule has 0 spiro atoms. The molecule has 4 atom stereocenters. The number of carbonyl (C=O) groups is 1. The average Bonchev–Trinajstić information content (AvgIpc) is 3.49. The van der Waals surface area contributed by atoms with Crippen molar-refractivity contribution in [1.29, 1.82) is 5.26 Å². The van der Waals surface area contributed by atoms with Crippen LogP contribution in [-0.2, 0) is 28.8 Å². The summed E-state index contributed by atoms with van der Waals surface area (Å²) >= 11 is 0. The maximum atomic E-state index is 14.4. The number of hydrogen-bond acceptors (Lipinski definition) is 9. The van der Waals surface area contributed by atoms with Crippen molar-refractivity contribution in [3.63, 3.8) is 0 Å². The molecule has 0 radical (unpaired) electrons. The summed E-state index contributed by atoms with van der Waals surface area (Å²) < 4.78 is 20.5. The first-order valence-electron chi connectivity index (χ1n) is 16.0. The highest BCUT2D eigenvalue weighted by Gasteiger charge is 2.41. The summed E-state index contributed by atoms with van der Waals surface area (Å²) in [6, 6.07) is 7.77. The van der Waals surface area contributed by atoms with Crippen molar-refractivity contribution in [2.75, 3.05) is 74.2 Å². The summed E-state index contributed by atoms with van der Waals surface area (Å²) in [5.41, 5.74) is 4.44. The zero-order valence-corrected chi connectivity index (χ0v) is 25.5. The predicted octanol–water partition coefficient (Wildman–Crippen LogP) is 2.56. The third-order valence-electron chi connectivity index (χ3n) is 10.3. The number of halogens is 1. The van der Waals surface area contributed by atoms with E-state index in [0.29, 0.717) is 25.7 Å². The predicted molar refractivity (Wildman–Crippen MR) is 166 cm³/mol. The Labute approximate surface area is 258 Å². The molecule has 3 saturated heterocycles.